The van der Waals surface area contributed by atoms with Crippen LogP contribution < -0.4 is 5.32 Å². The average molecular weight is 316 g/mol. The van der Waals surface area contributed by atoms with Crippen LogP contribution in [0.25, 0.3) is 0 Å². The number of nitrogens with one attached hydrogen (secondary N) is 1. The van der Waals surface area contributed by atoms with Gasteiger partial charge in [0.1, 0.15) is 11.6 Å². The number of carbonyl (C=O) groups excluding carboxylic acids is 1. The second kappa shape index (κ2) is 6.87. The monoisotopic (exact) mass is 316 g/mol. The summed E-state index contributed by atoms with van der Waals surface area (Å²) < 4.78 is 27.4. The van der Waals surface area contributed by atoms with Crippen LogP contribution in [-0.4, -0.2) is 23.4 Å². The Morgan fingerprint density at radius 3 is 2.35 bits per heavy atom. The third-order valence-electron chi connectivity index (χ3n) is 3.89. The Kier molecular flexibility index (Phi) is 4.67. The van der Waals surface area contributed by atoms with Crippen molar-refractivity contribution in [2.24, 2.45) is 0 Å². The molecule has 1 aliphatic carbocycles. The number of hydrogen-bond acceptors (Lipinski definition) is 2. The molecule has 120 valence electrons. The van der Waals surface area contributed by atoms with Crippen LogP contribution in [0.5, 0.6) is 0 Å². The molecule has 0 bridgehead atoms. The van der Waals surface area contributed by atoms with Gasteiger partial charge in [0.15, 0.2) is 0 Å². The molecule has 0 atom stereocenters. The lowest BCUT2D eigenvalue weighted by atomic mass is 10.2. The van der Waals surface area contributed by atoms with Crippen molar-refractivity contribution >= 4 is 11.6 Å². The summed E-state index contributed by atoms with van der Waals surface area (Å²) in [5.41, 5.74) is 0.734. The van der Waals surface area contributed by atoms with Crippen LogP contribution in [-0.2, 0) is 11.3 Å². The highest BCUT2D eigenvalue weighted by molar-refractivity contribution is 5.92. The first kappa shape index (κ1) is 15.6. The topological polar surface area (TPSA) is 32.3 Å². The van der Waals surface area contributed by atoms with Crippen LogP contribution in [0, 0.1) is 11.6 Å². The van der Waals surface area contributed by atoms with Gasteiger partial charge in [0.05, 0.1) is 12.2 Å². The summed E-state index contributed by atoms with van der Waals surface area (Å²) in [7, 11) is 0. The van der Waals surface area contributed by atoms with Gasteiger partial charge in [-0.2, -0.15) is 0 Å². The fourth-order valence-electron chi connectivity index (χ4n) is 2.54. The number of halogens is 2. The Balaban J connectivity index is 1.65. The van der Waals surface area contributed by atoms with Gasteiger partial charge in [-0.25, -0.2) is 8.78 Å². The third-order valence-corrected chi connectivity index (χ3v) is 3.89. The maximum Gasteiger partial charge on any atom is 0.238 e. The van der Waals surface area contributed by atoms with E-state index in [9.17, 15) is 13.6 Å². The summed E-state index contributed by atoms with van der Waals surface area (Å²) in [4.78, 5) is 14.1. The normalized spacial score (nSPS) is 14.0. The Morgan fingerprint density at radius 2 is 1.70 bits per heavy atom. The molecule has 1 aliphatic rings. The van der Waals surface area contributed by atoms with Crippen LogP contribution in [0.3, 0.4) is 0 Å². The molecule has 3 nitrogen and oxygen atoms in total. The summed E-state index contributed by atoms with van der Waals surface area (Å²) >= 11 is 0. The molecule has 0 aromatic heterocycles. The summed E-state index contributed by atoms with van der Waals surface area (Å²) in [6.07, 6.45) is 2.00. The lowest BCUT2D eigenvalue weighted by Crippen LogP contribution is -2.34. The Hall–Kier alpha value is -2.27. The lowest BCUT2D eigenvalue weighted by Gasteiger charge is -2.21. The summed E-state index contributed by atoms with van der Waals surface area (Å²) in [6, 6.07) is 12.9. The number of para-hydroxylation sites is 1. The molecule has 0 aliphatic heterocycles. The van der Waals surface area contributed by atoms with E-state index in [1.807, 2.05) is 4.90 Å². The maximum atomic E-state index is 13.8. The van der Waals surface area contributed by atoms with E-state index in [-0.39, 0.29) is 24.0 Å². The molecule has 1 amide bonds. The highest BCUT2D eigenvalue weighted by Crippen LogP contribution is 2.28. The molecular formula is C18H18F2N2O. The Labute approximate surface area is 133 Å². The molecule has 2 aromatic rings. The van der Waals surface area contributed by atoms with Crippen molar-refractivity contribution < 1.29 is 13.6 Å². The van der Waals surface area contributed by atoms with E-state index in [4.69, 9.17) is 0 Å². The number of benzene rings is 2. The quantitative estimate of drug-likeness (QED) is 0.883. The first-order valence-corrected chi connectivity index (χ1v) is 7.65. The molecule has 0 radical (unpaired) electrons. The van der Waals surface area contributed by atoms with E-state index in [1.54, 1.807) is 30.3 Å². The minimum Gasteiger partial charge on any atom is -0.322 e. The zero-order valence-corrected chi connectivity index (χ0v) is 12.6. The van der Waals surface area contributed by atoms with Gasteiger partial charge >= 0.3 is 0 Å². The minimum absolute atomic E-state index is 0.118. The van der Waals surface area contributed by atoms with Crippen molar-refractivity contribution in [1.29, 1.82) is 0 Å². The smallest absolute Gasteiger partial charge is 0.238 e. The number of anilines is 1. The molecule has 1 fully saturated rings. The molecule has 0 spiro atoms. The second-order valence-corrected chi connectivity index (χ2v) is 5.76. The van der Waals surface area contributed by atoms with E-state index in [1.165, 1.54) is 18.2 Å². The van der Waals surface area contributed by atoms with Crippen molar-refractivity contribution in [3.63, 3.8) is 0 Å². The number of amides is 1. The average Bonchev–Trinajstić information content (AvgIpc) is 3.36. The Morgan fingerprint density at radius 1 is 1.04 bits per heavy atom. The van der Waals surface area contributed by atoms with Crippen LogP contribution in [0.4, 0.5) is 14.5 Å². The summed E-state index contributed by atoms with van der Waals surface area (Å²) in [5.74, 6) is -1.03. The first-order valence-electron chi connectivity index (χ1n) is 7.65. The van der Waals surface area contributed by atoms with Crippen molar-refractivity contribution in [3.8, 4) is 0 Å². The van der Waals surface area contributed by atoms with Crippen molar-refractivity contribution in [3.05, 3.63) is 65.7 Å². The number of nitrogens with zero attached hydrogens (tertiary/aromatic N) is 1. The van der Waals surface area contributed by atoms with Gasteiger partial charge in [-0.3, -0.25) is 9.69 Å². The maximum absolute atomic E-state index is 13.8. The zero-order chi connectivity index (χ0) is 16.2. The van der Waals surface area contributed by atoms with Crippen LogP contribution >= 0.6 is 0 Å². The van der Waals surface area contributed by atoms with Crippen LogP contribution in [0.2, 0.25) is 0 Å². The van der Waals surface area contributed by atoms with E-state index in [2.05, 4.69) is 5.32 Å². The highest BCUT2D eigenvalue weighted by atomic mass is 19.1. The molecule has 1 saturated carbocycles. The van der Waals surface area contributed by atoms with Crippen molar-refractivity contribution in [1.82, 2.24) is 4.90 Å². The van der Waals surface area contributed by atoms with Gasteiger partial charge in [0.25, 0.3) is 0 Å². The second-order valence-electron chi connectivity index (χ2n) is 5.76. The summed E-state index contributed by atoms with van der Waals surface area (Å²) in [5, 5.41) is 2.57. The summed E-state index contributed by atoms with van der Waals surface area (Å²) in [6.45, 7) is 0.495. The van der Waals surface area contributed by atoms with Crippen molar-refractivity contribution in [2.75, 3.05) is 11.9 Å². The molecule has 1 N–H and O–H groups in total. The molecule has 0 heterocycles. The molecule has 0 unspecified atom stereocenters. The Bertz CT molecular complexity index is 701. The number of hydrogen-bond donors (Lipinski definition) is 1. The van der Waals surface area contributed by atoms with Gasteiger partial charge in [0.2, 0.25) is 5.91 Å². The molecule has 23 heavy (non-hydrogen) atoms. The first-order chi connectivity index (χ1) is 11.1. The van der Waals surface area contributed by atoms with Gasteiger partial charge in [-0.05, 0) is 31.0 Å². The predicted molar refractivity (Wildman–Crippen MR) is 84.9 cm³/mol. The number of carbonyl (C=O) groups is 1. The SMILES string of the molecule is O=C(CN(Cc1ccccc1F)C1CC1)Nc1ccccc1F. The van der Waals surface area contributed by atoms with E-state index >= 15 is 0 Å². The predicted octanol–water partition coefficient (Wildman–Crippen LogP) is 3.57. The zero-order valence-electron chi connectivity index (χ0n) is 12.6. The van der Waals surface area contributed by atoms with Gasteiger partial charge in [0, 0.05) is 18.2 Å². The van der Waals surface area contributed by atoms with E-state index < -0.39 is 5.82 Å². The minimum atomic E-state index is -0.465. The third kappa shape index (κ3) is 4.13. The fourth-order valence-corrected chi connectivity index (χ4v) is 2.54. The lowest BCUT2D eigenvalue weighted by molar-refractivity contribution is -0.117. The van der Waals surface area contributed by atoms with Gasteiger partial charge < -0.3 is 5.32 Å². The van der Waals surface area contributed by atoms with Crippen molar-refractivity contribution in [2.45, 2.75) is 25.4 Å². The number of rotatable bonds is 6. The standard InChI is InChI=1S/C18H18F2N2O/c19-15-6-2-1-5-13(15)11-22(14-9-10-14)12-18(23)21-17-8-4-3-7-16(17)20/h1-8,14H,9-12H2,(H,21,23). The van der Waals surface area contributed by atoms with Gasteiger partial charge in [-0.1, -0.05) is 30.3 Å². The van der Waals surface area contributed by atoms with E-state index in [0.29, 0.717) is 18.2 Å². The van der Waals surface area contributed by atoms with Gasteiger partial charge in [-0.15, -0.1) is 0 Å². The molecule has 5 heteroatoms. The highest BCUT2D eigenvalue weighted by Gasteiger charge is 2.30. The van der Waals surface area contributed by atoms with Crippen LogP contribution in [0.15, 0.2) is 48.5 Å². The fraction of sp³-hybridized carbons (Fsp3) is 0.278. The molecular weight excluding hydrogens is 298 g/mol. The largest absolute Gasteiger partial charge is 0.322 e. The molecule has 2 aromatic carbocycles. The van der Waals surface area contributed by atoms with Crippen LogP contribution in [0.1, 0.15) is 18.4 Å². The van der Waals surface area contributed by atoms with E-state index in [0.717, 1.165) is 12.8 Å². The molecule has 3 rings (SSSR count). The molecule has 0 saturated heterocycles.